The van der Waals surface area contributed by atoms with Gasteiger partial charge < -0.3 is 9.84 Å². The van der Waals surface area contributed by atoms with Gasteiger partial charge in [0.25, 0.3) is 0 Å². The van der Waals surface area contributed by atoms with Crippen molar-refractivity contribution in [1.29, 1.82) is 0 Å². The van der Waals surface area contributed by atoms with Crippen LogP contribution < -0.4 is 4.74 Å². The first kappa shape index (κ1) is 13.3. The highest BCUT2D eigenvalue weighted by atomic mass is 35.5. The van der Waals surface area contributed by atoms with Crippen LogP contribution in [-0.4, -0.2) is 21.0 Å². The molecule has 0 aliphatic heterocycles. The average molecular weight is 279 g/mol. The molecule has 0 radical (unpaired) electrons. The number of benzene rings is 1. The number of hydrogen-bond acceptors (Lipinski definition) is 4. The van der Waals surface area contributed by atoms with Crippen molar-refractivity contribution in [1.82, 2.24) is 9.97 Å². The van der Waals surface area contributed by atoms with Crippen LogP contribution in [0.3, 0.4) is 0 Å². The zero-order chi connectivity index (χ0) is 13.8. The summed E-state index contributed by atoms with van der Waals surface area (Å²) in [6.45, 7) is 2.04. The smallest absolute Gasteiger partial charge is 0.356 e. The third-order valence-corrected chi connectivity index (χ3v) is 2.66. The van der Waals surface area contributed by atoms with E-state index in [2.05, 4.69) is 9.97 Å². The number of carbonyl (C=O) groups is 1. The zero-order valence-corrected chi connectivity index (χ0v) is 10.9. The number of ether oxygens (including phenoxy) is 1. The minimum Gasteiger partial charge on any atom is -0.486 e. The molecule has 0 aliphatic rings. The normalized spacial score (nSPS) is 10.2. The molecule has 98 valence electrons. The molecule has 0 atom stereocenters. The van der Waals surface area contributed by atoms with Crippen LogP contribution >= 0.6 is 11.6 Å². The van der Waals surface area contributed by atoms with Crippen molar-refractivity contribution in [3.8, 4) is 5.75 Å². The SMILES string of the molecule is Cc1ccc(OCc2cncc(C(=O)O)n2)c(Cl)c1. The number of rotatable bonds is 4. The van der Waals surface area contributed by atoms with E-state index in [4.69, 9.17) is 21.4 Å². The second-order valence-corrected chi connectivity index (χ2v) is 4.33. The summed E-state index contributed by atoms with van der Waals surface area (Å²) in [6.07, 6.45) is 2.64. The van der Waals surface area contributed by atoms with Crippen LogP contribution in [0.25, 0.3) is 0 Å². The molecule has 0 aliphatic carbocycles. The average Bonchev–Trinajstić information content (AvgIpc) is 2.38. The predicted molar refractivity (Wildman–Crippen MR) is 69.5 cm³/mol. The molecule has 1 aromatic carbocycles. The fourth-order valence-corrected chi connectivity index (χ4v) is 1.74. The van der Waals surface area contributed by atoms with Crippen LogP contribution in [0.4, 0.5) is 0 Å². The largest absolute Gasteiger partial charge is 0.486 e. The van der Waals surface area contributed by atoms with Crippen molar-refractivity contribution in [2.75, 3.05) is 0 Å². The standard InChI is InChI=1S/C13H11ClN2O3/c1-8-2-3-12(10(14)4-8)19-7-9-5-15-6-11(16-9)13(17)18/h2-6H,7H2,1H3,(H,17,18). The Morgan fingerprint density at radius 3 is 2.89 bits per heavy atom. The Hall–Kier alpha value is -2.14. The zero-order valence-electron chi connectivity index (χ0n) is 10.1. The van der Waals surface area contributed by atoms with Gasteiger partial charge in [-0.3, -0.25) is 4.98 Å². The molecule has 2 rings (SSSR count). The highest BCUT2D eigenvalue weighted by molar-refractivity contribution is 6.32. The topological polar surface area (TPSA) is 72.3 Å². The van der Waals surface area contributed by atoms with E-state index in [0.717, 1.165) is 5.56 Å². The van der Waals surface area contributed by atoms with Gasteiger partial charge >= 0.3 is 5.97 Å². The summed E-state index contributed by atoms with van der Waals surface area (Å²) in [4.78, 5) is 18.5. The number of nitrogens with zero attached hydrogens (tertiary/aromatic N) is 2. The van der Waals surface area contributed by atoms with Crippen molar-refractivity contribution in [3.63, 3.8) is 0 Å². The second-order valence-electron chi connectivity index (χ2n) is 3.92. The number of hydrogen-bond donors (Lipinski definition) is 1. The summed E-state index contributed by atoms with van der Waals surface area (Å²) in [6, 6.07) is 5.42. The van der Waals surface area contributed by atoms with E-state index in [0.29, 0.717) is 16.5 Å². The van der Waals surface area contributed by atoms with Crippen molar-refractivity contribution in [2.24, 2.45) is 0 Å². The van der Waals surface area contributed by atoms with E-state index in [1.807, 2.05) is 13.0 Å². The lowest BCUT2D eigenvalue weighted by Crippen LogP contribution is -2.06. The number of carboxylic acids is 1. The molecule has 19 heavy (non-hydrogen) atoms. The fourth-order valence-electron chi connectivity index (χ4n) is 1.45. The fraction of sp³-hybridized carbons (Fsp3) is 0.154. The van der Waals surface area contributed by atoms with E-state index in [1.54, 1.807) is 12.1 Å². The molecule has 0 bridgehead atoms. The summed E-state index contributed by atoms with van der Waals surface area (Å²) < 4.78 is 5.49. The molecular formula is C13H11ClN2O3. The van der Waals surface area contributed by atoms with Crippen molar-refractivity contribution < 1.29 is 14.6 Å². The van der Waals surface area contributed by atoms with E-state index in [9.17, 15) is 4.79 Å². The highest BCUT2D eigenvalue weighted by Crippen LogP contribution is 2.25. The van der Waals surface area contributed by atoms with Crippen LogP contribution in [0.5, 0.6) is 5.75 Å². The lowest BCUT2D eigenvalue weighted by Gasteiger charge is -2.08. The quantitative estimate of drug-likeness (QED) is 0.931. The molecule has 0 saturated carbocycles. The van der Waals surface area contributed by atoms with Gasteiger partial charge in [-0.15, -0.1) is 0 Å². The summed E-state index contributed by atoms with van der Waals surface area (Å²) in [5.74, 6) is -0.600. The first-order valence-electron chi connectivity index (χ1n) is 5.49. The molecule has 5 nitrogen and oxygen atoms in total. The van der Waals surface area contributed by atoms with Gasteiger partial charge in [0.05, 0.1) is 23.1 Å². The van der Waals surface area contributed by atoms with Crippen molar-refractivity contribution in [2.45, 2.75) is 13.5 Å². The third-order valence-electron chi connectivity index (χ3n) is 2.37. The third kappa shape index (κ3) is 3.42. The highest BCUT2D eigenvalue weighted by Gasteiger charge is 2.07. The minimum absolute atomic E-state index is 0.108. The van der Waals surface area contributed by atoms with Crippen LogP contribution in [0, 0.1) is 6.92 Å². The van der Waals surface area contributed by atoms with Crippen molar-refractivity contribution in [3.05, 3.63) is 52.6 Å². The number of halogens is 1. The van der Waals surface area contributed by atoms with Gasteiger partial charge in [-0.25, -0.2) is 9.78 Å². The lowest BCUT2D eigenvalue weighted by molar-refractivity contribution is 0.0689. The van der Waals surface area contributed by atoms with Gasteiger partial charge in [-0.2, -0.15) is 0 Å². The molecular weight excluding hydrogens is 268 g/mol. The maximum absolute atomic E-state index is 10.8. The maximum atomic E-state index is 10.8. The van der Waals surface area contributed by atoms with Crippen molar-refractivity contribution >= 4 is 17.6 Å². The summed E-state index contributed by atoms with van der Waals surface area (Å²) in [5.41, 5.74) is 1.35. The van der Waals surface area contributed by atoms with Gasteiger partial charge in [0.15, 0.2) is 5.69 Å². The summed E-state index contributed by atoms with van der Waals surface area (Å²) in [7, 11) is 0. The minimum atomic E-state index is -1.12. The van der Waals surface area contributed by atoms with E-state index in [-0.39, 0.29) is 12.3 Å². The molecule has 0 fully saturated rings. The molecule has 0 saturated heterocycles. The van der Waals surface area contributed by atoms with E-state index in [1.165, 1.54) is 12.4 Å². The predicted octanol–water partition coefficient (Wildman–Crippen LogP) is 2.72. The van der Waals surface area contributed by atoms with Crippen LogP contribution in [-0.2, 0) is 6.61 Å². The Morgan fingerprint density at radius 1 is 1.42 bits per heavy atom. The lowest BCUT2D eigenvalue weighted by atomic mass is 10.2. The molecule has 1 heterocycles. The van der Waals surface area contributed by atoms with Gasteiger partial charge in [-0.1, -0.05) is 17.7 Å². The number of aromatic carboxylic acids is 1. The monoisotopic (exact) mass is 278 g/mol. The van der Waals surface area contributed by atoms with E-state index < -0.39 is 5.97 Å². The van der Waals surface area contributed by atoms with Gasteiger partial charge in [0, 0.05) is 0 Å². The Kier molecular flexibility index (Phi) is 3.97. The molecule has 0 amide bonds. The number of aromatic nitrogens is 2. The van der Waals surface area contributed by atoms with E-state index >= 15 is 0 Å². The molecule has 0 spiro atoms. The van der Waals surface area contributed by atoms with Crippen LogP contribution in [0.15, 0.2) is 30.6 Å². The number of carboxylic acid groups (broad SMARTS) is 1. The Bertz CT molecular complexity index is 617. The molecule has 6 heteroatoms. The Labute approximate surface area is 114 Å². The summed E-state index contributed by atoms with van der Waals surface area (Å²) in [5, 5.41) is 9.31. The number of aryl methyl sites for hydroxylation is 1. The van der Waals surface area contributed by atoms with Crippen LogP contribution in [0.2, 0.25) is 5.02 Å². The van der Waals surface area contributed by atoms with Gasteiger partial charge in [0.1, 0.15) is 12.4 Å². The summed E-state index contributed by atoms with van der Waals surface area (Å²) >= 11 is 6.02. The molecule has 2 aromatic rings. The maximum Gasteiger partial charge on any atom is 0.356 e. The van der Waals surface area contributed by atoms with Gasteiger partial charge in [0.2, 0.25) is 0 Å². The van der Waals surface area contributed by atoms with Gasteiger partial charge in [-0.05, 0) is 24.6 Å². The first-order valence-corrected chi connectivity index (χ1v) is 5.87. The first-order chi connectivity index (χ1) is 9.06. The Morgan fingerprint density at radius 2 is 2.21 bits per heavy atom. The Balaban J connectivity index is 2.10. The molecule has 1 N–H and O–H groups in total. The molecule has 0 unspecified atom stereocenters. The second kappa shape index (κ2) is 5.67. The molecule has 1 aromatic heterocycles. The van der Waals surface area contributed by atoms with Crippen LogP contribution in [0.1, 0.15) is 21.7 Å².